The molecule has 3 atom stereocenters. The van der Waals surface area contributed by atoms with Gasteiger partial charge >= 0.3 is 19.7 Å². The molecular weight excluding hydrogens is 665 g/mol. The Morgan fingerprint density at radius 3 is 1.78 bits per heavy atom. The van der Waals surface area contributed by atoms with Crippen LogP contribution >= 0.6 is 7.60 Å². The van der Waals surface area contributed by atoms with E-state index >= 15 is 0 Å². The SMILES string of the molecule is C[C@H](NC(=O)[C@H](CC(=O)O)NC(=O)OCc1ccccc1)C(=O)NC(c1ccc(C(=N)N)cc1)P(=O)(Oc1ccccc1)Oc1ccccc1. The zero-order valence-electron chi connectivity index (χ0n) is 26.9. The number of aliphatic carboxylic acids is 1. The summed E-state index contributed by atoms with van der Waals surface area (Å²) in [7, 11) is -4.43. The number of benzene rings is 4. The summed E-state index contributed by atoms with van der Waals surface area (Å²) in [5.41, 5.74) is 6.91. The number of amidine groups is 1. The number of carbonyl (C=O) groups is 4. The van der Waals surface area contributed by atoms with Crippen molar-refractivity contribution in [2.75, 3.05) is 0 Å². The lowest BCUT2D eigenvalue weighted by Gasteiger charge is -2.29. The molecule has 260 valence electrons. The van der Waals surface area contributed by atoms with Gasteiger partial charge in [-0.3, -0.25) is 19.8 Å². The van der Waals surface area contributed by atoms with Crippen molar-refractivity contribution in [3.05, 3.63) is 132 Å². The monoisotopic (exact) mass is 701 g/mol. The molecule has 0 aliphatic carbocycles. The Morgan fingerprint density at radius 1 is 0.760 bits per heavy atom. The van der Waals surface area contributed by atoms with Gasteiger partial charge in [-0.2, -0.15) is 0 Å². The summed E-state index contributed by atoms with van der Waals surface area (Å²) < 4.78 is 31.9. The molecule has 14 nitrogen and oxygen atoms in total. The number of nitrogen functional groups attached to an aromatic ring is 1. The van der Waals surface area contributed by atoms with Crippen molar-refractivity contribution in [2.45, 2.75) is 37.8 Å². The molecule has 3 amide bonds. The van der Waals surface area contributed by atoms with E-state index in [9.17, 15) is 28.8 Å². The lowest BCUT2D eigenvalue weighted by molar-refractivity contribution is -0.140. The minimum atomic E-state index is -4.43. The fourth-order valence-electron chi connectivity index (χ4n) is 4.50. The van der Waals surface area contributed by atoms with E-state index in [1.54, 1.807) is 91.0 Å². The van der Waals surface area contributed by atoms with Gasteiger partial charge in [0.15, 0.2) is 5.78 Å². The maximum Gasteiger partial charge on any atom is 0.457 e. The van der Waals surface area contributed by atoms with Crippen LogP contribution in [0.25, 0.3) is 0 Å². The van der Waals surface area contributed by atoms with E-state index in [2.05, 4.69) is 16.0 Å². The summed E-state index contributed by atoms with van der Waals surface area (Å²) in [5.74, 6) is -4.57. The van der Waals surface area contributed by atoms with Gasteiger partial charge in [-0.05, 0) is 42.3 Å². The summed E-state index contributed by atoms with van der Waals surface area (Å²) in [6, 6.07) is 28.1. The summed E-state index contributed by atoms with van der Waals surface area (Å²) >= 11 is 0. The molecule has 4 aromatic rings. The van der Waals surface area contributed by atoms with Gasteiger partial charge < -0.3 is 40.6 Å². The van der Waals surface area contributed by atoms with Crippen LogP contribution in [0.2, 0.25) is 0 Å². The minimum absolute atomic E-state index is 0.127. The number of hydrogen-bond acceptors (Lipinski definition) is 9. The van der Waals surface area contributed by atoms with Gasteiger partial charge in [-0.25, -0.2) is 9.36 Å². The van der Waals surface area contributed by atoms with Crippen LogP contribution in [0.4, 0.5) is 4.79 Å². The molecule has 50 heavy (non-hydrogen) atoms. The molecule has 4 rings (SSSR count). The first-order valence-corrected chi connectivity index (χ1v) is 16.9. The first-order chi connectivity index (χ1) is 23.9. The highest BCUT2D eigenvalue weighted by molar-refractivity contribution is 7.55. The number of carboxylic acids is 1. The molecule has 0 aromatic heterocycles. The number of carboxylic acid groups (broad SMARTS) is 1. The molecule has 0 radical (unpaired) electrons. The Kier molecular flexibility index (Phi) is 12.7. The number of amides is 3. The van der Waals surface area contributed by atoms with Crippen LogP contribution in [0.15, 0.2) is 115 Å². The second kappa shape index (κ2) is 17.3. The number of nitrogens with one attached hydrogen (secondary N) is 4. The molecule has 0 fully saturated rings. The number of carbonyl (C=O) groups excluding carboxylic acids is 3. The molecule has 1 unspecified atom stereocenters. The maximum atomic E-state index is 14.8. The van der Waals surface area contributed by atoms with Crippen molar-refractivity contribution in [1.29, 1.82) is 5.41 Å². The number of hydrogen-bond donors (Lipinski definition) is 6. The smallest absolute Gasteiger partial charge is 0.457 e. The number of ether oxygens (including phenoxy) is 1. The highest BCUT2D eigenvalue weighted by Crippen LogP contribution is 2.59. The van der Waals surface area contributed by atoms with Crippen LogP contribution in [0.1, 0.15) is 35.8 Å². The van der Waals surface area contributed by atoms with Crippen molar-refractivity contribution in [3.63, 3.8) is 0 Å². The van der Waals surface area contributed by atoms with Crippen LogP contribution in [-0.2, 0) is 30.3 Å². The summed E-state index contributed by atoms with van der Waals surface area (Å²) in [6.07, 6.45) is -1.85. The van der Waals surface area contributed by atoms with Gasteiger partial charge in [-0.15, -0.1) is 0 Å². The average Bonchev–Trinajstić information content (AvgIpc) is 3.10. The number of alkyl carbamates (subject to hydrolysis) is 1. The molecule has 0 saturated carbocycles. The van der Waals surface area contributed by atoms with E-state index in [-0.39, 0.29) is 29.5 Å². The molecule has 0 spiro atoms. The Morgan fingerprint density at radius 2 is 1.28 bits per heavy atom. The zero-order chi connectivity index (χ0) is 36.1. The van der Waals surface area contributed by atoms with Gasteiger partial charge in [0.1, 0.15) is 36.0 Å². The van der Waals surface area contributed by atoms with E-state index in [0.29, 0.717) is 11.1 Å². The van der Waals surface area contributed by atoms with E-state index in [1.165, 1.54) is 31.2 Å². The Labute approximate surface area is 288 Å². The summed E-state index contributed by atoms with van der Waals surface area (Å²) in [6.45, 7) is 1.19. The summed E-state index contributed by atoms with van der Waals surface area (Å²) in [5, 5.41) is 24.4. The van der Waals surface area contributed by atoms with Crippen LogP contribution in [0.3, 0.4) is 0 Å². The molecule has 0 bridgehead atoms. The highest BCUT2D eigenvalue weighted by atomic mass is 31.2. The second-order valence-electron chi connectivity index (χ2n) is 10.9. The molecular formula is C35H36N5O9P. The van der Waals surface area contributed by atoms with Gasteiger partial charge in [0.2, 0.25) is 11.8 Å². The van der Waals surface area contributed by atoms with Crippen LogP contribution in [-0.4, -0.2) is 46.9 Å². The van der Waals surface area contributed by atoms with Crippen LogP contribution in [0, 0.1) is 5.41 Å². The van der Waals surface area contributed by atoms with Gasteiger partial charge in [0, 0.05) is 5.56 Å². The maximum absolute atomic E-state index is 14.8. The second-order valence-corrected chi connectivity index (χ2v) is 12.8. The van der Waals surface area contributed by atoms with Gasteiger partial charge in [-0.1, -0.05) is 91.0 Å². The average molecular weight is 702 g/mol. The van der Waals surface area contributed by atoms with E-state index in [4.69, 9.17) is 24.9 Å². The van der Waals surface area contributed by atoms with Crippen LogP contribution < -0.4 is 30.7 Å². The van der Waals surface area contributed by atoms with E-state index < -0.39 is 55.8 Å². The predicted octanol–water partition coefficient (Wildman–Crippen LogP) is 4.71. The standard InChI is InChI=1S/C35H36N5O9P/c1-23(38-33(44)29(21-30(41)42)39-35(45)47-22-24-11-5-2-6-12-24)32(43)40-34(26-19-17-25(18-20-26)31(36)37)50(46,48-27-13-7-3-8-14-27)49-28-15-9-4-10-16-28/h2-20,23,29,34H,21-22H2,1H3,(H3,36,37)(H,38,44)(H,39,45)(H,40,43)(H,41,42)/t23-,29-,34?/m0/s1. The number of para-hydroxylation sites is 2. The quantitative estimate of drug-likeness (QED) is 0.0537. The normalized spacial score (nSPS) is 12.7. The van der Waals surface area contributed by atoms with Crippen molar-refractivity contribution in [1.82, 2.24) is 16.0 Å². The van der Waals surface area contributed by atoms with Crippen molar-refractivity contribution in [3.8, 4) is 11.5 Å². The van der Waals surface area contributed by atoms with Gasteiger partial charge in [0.05, 0.1) is 6.42 Å². The van der Waals surface area contributed by atoms with E-state index in [0.717, 1.165) is 0 Å². The minimum Gasteiger partial charge on any atom is -0.481 e. The zero-order valence-corrected chi connectivity index (χ0v) is 27.7. The molecule has 0 saturated heterocycles. The third-order valence-corrected chi connectivity index (χ3v) is 9.03. The fourth-order valence-corrected chi connectivity index (χ4v) is 6.40. The number of rotatable bonds is 16. The highest BCUT2D eigenvalue weighted by Gasteiger charge is 2.43. The Balaban J connectivity index is 1.57. The van der Waals surface area contributed by atoms with Crippen molar-refractivity contribution in [2.24, 2.45) is 5.73 Å². The third-order valence-electron chi connectivity index (χ3n) is 7.04. The lowest BCUT2D eigenvalue weighted by atomic mass is 10.1. The topological polar surface area (TPSA) is 219 Å². The molecule has 4 aromatic carbocycles. The van der Waals surface area contributed by atoms with Gasteiger partial charge in [0.25, 0.3) is 0 Å². The predicted molar refractivity (Wildman–Crippen MR) is 183 cm³/mol. The summed E-state index contributed by atoms with van der Waals surface area (Å²) in [4.78, 5) is 50.8. The number of nitrogens with two attached hydrogens (primary N) is 1. The Hall–Kier alpha value is -6.14. The largest absolute Gasteiger partial charge is 0.481 e. The first kappa shape index (κ1) is 36.7. The Bertz CT molecular complexity index is 1780. The molecule has 0 heterocycles. The van der Waals surface area contributed by atoms with Crippen molar-refractivity contribution >= 4 is 37.3 Å². The van der Waals surface area contributed by atoms with E-state index in [1.807, 2.05) is 0 Å². The third kappa shape index (κ3) is 10.7. The molecule has 7 N–H and O–H groups in total. The lowest BCUT2D eigenvalue weighted by Crippen LogP contribution is -2.53. The molecule has 15 heteroatoms. The van der Waals surface area contributed by atoms with Crippen molar-refractivity contribution < 1.29 is 42.6 Å². The molecule has 0 aliphatic rings. The molecule has 0 aliphatic heterocycles. The first-order valence-electron chi connectivity index (χ1n) is 15.3. The van der Waals surface area contributed by atoms with Crippen LogP contribution in [0.5, 0.6) is 11.5 Å². The fraction of sp³-hybridized carbons (Fsp3) is 0.171.